The molecular formula is C25H34ClN5OS. The Labute approximate surface area is 207 Å². The number of hydrazine groups is 1. The minimum absolute atomic E-state index is 0.0327. The molecule has 6 nitrogen and oxygen atoms in total. The fraction of sp³-hybridized carbons (Fsp3) is 0.480. The first kappa shape index (κ1) is 24.1. The minimum Gasteiger partial charge on any atom is -0.495 e. The number of piperidine rings is 1. The van der Waals surface area contributed by atoms with Crippen molar-refractivity contribution >= 4 is 46.0 Å². The number of fused-ring (bicyclic) bond motifs is 2. The summed E-state index contributed by atoms with van der Waals surface area (Å²) in [5.74, 6) is 6.36. The monoisotopic (exact) mass is 487 g/mol. The Morgan fingerprint density at radius 3 is 2.52 bits per heavy atom. The van der Waals surface area contributed by atoms with Gasteiger partial charge in [-0.15, -0.1) is 0 Å². The van der Waals surface area contributed by atoms with E-state index in [1.54, 1.807) is 7.11 Å². The predicted octanol–water partition coefficient (Wildman–Crippen LogP) is 5.04. The summed E-state index contributed by atoms with van der Waals surface area (Å²) in [6.45, 7) is 11.0. The van der Waals surface area contributed by atoms with E-state index in [1.807, 2.05) is 30.3 Å². The maximum absolute atomic E-state index is 6.90. The number of rotatable bonds is 4. The van der Waals surface area contributed by atoms with Gasteiger partial charge in [-0.05, 0) is 67.8 Å². The molecule has 0 atom stereocenters. The lowest BCUT2D eigenvalue weighted by molar-refractivity contribution is 0.125. The third-order valence-corrected chi connectivity index (χ3v) is 7.19. The molecule has 2 aromatic rings. The van der Waals surface area contributed by atoms with E-state index in [0.29, 0.717) is 5.11 Å². The van der Waals surface area contributed by atoms with E-state index in [2.05, 4.69) is 47.4 Å². The fourth-order valence-electron chi connectivity index (χ4n) is 5.34. The molecule has 0 aromatic heterocycles. The van der Waals surface area contributed by atoms with E-state index >= 15 is 0 Å². The van der Waals surface area contributed by atoms with E-state index in [9.17, 15) is 0 Å². The molecule has 2 heterocycles. The number of benzene rings is 2. The Hall–Kier alpha value is -2.06. The van der Waals surface area contributed by atoms with Crippen molar-refractivity contribution in [1.82, 2.24) is 10.3 Å². The first-order chi connectivity index (χ1) is 15.7. The van der Waals surface area contributed by atoms with Gasteiger partial charge < -0.3 is 25.3 Å². The third kappa shape index (κ3) is 4.78. The number of anilines is 3. The normalized spacial score (nSPS) is 17.7. The highest BCUT2D eigenvalue weighted by atomic mass is 35.5. The summed E-state index contributed by atoms with van der Waals surface area (Å²) in [6, 6.07) is 12.1. The van der Waals surface area contributed by atoms with Gasteiger partial charge in [-0.3, -0.25) is 0 Å². The summed E-state index contributed by atoms with van der Waals surface area (Å²) in [6.07, 6.45) is 2.11. The van der Waals surface area contributed by atoms with E-state index in [4.69, 9.17) is 34.4 Å². The molecule has 33 heavy (non-hydrogen) atoms. The number of para-hydroxylation sites is 2. The van der Waals surface area contributed by atoms with Crippen LogP contribution in [0.25, 0.3) is 0 Å². The zero-order chi connectivity index (χ0) is 23.8. The lowest BCUT2D eigenvalue weighted by Gasteiger charge is -2.42. The first-order valence-electron chi connectivity index (χ1n) is 11.4. The largest absolute Gasteiger partial charge is 0.495 e. The molecule has 0 amide bonds. The summed E-state index contributed by atoms with van der Waals surface area (Å²) in [5, 5.41) is 4.39. The number of nitrogens with zero attached hydrogens (tertiary/aromatic N) is 2. The topological polar surface area (TPSA) is 65.8 Å². The third-order valence-electron chi connectivity index (χ3n) is 6.66. The van der Waals surface area contributed by atoms with Crippen LogP contribution in [0.5, 0.6) is 5.75 Å². The molecule has 2 aromatic carbocycles. The van der Waals surface area contributed by atoms with Crippen LogP contribution in [0.2, 0.25) is 5.02 Å². The van der Waals surface area contributed by atoms with Crippen LogP contribution in [0, 0.1) is 5.41 Å². The van der Waals surface area contributed by atoms with Gasteiger partial charge in [0.15, 0.2) is 5.11 Å². The zero-order valence-corrected chi connectivity index (χ0v) is 21.4. The van der Waals surface area contributed by atoms with Gasteiger partial charge in [0.25, 0.3) is 0 Å². The standard InChI is InChI=1S/C25H34ClN5OS/c1-24(2,3)15-30-13-11-25(12-14-30)16-31(22-20(32-4)10-9-17(26)21(22)25)19-8-6-5-7-18(19)28-23(33)29-27/h5-10H,11-16,27H2,1-4H3,(H2,28,29,33). The highest BCUT2D eigenvalue weighted by Crippen LogP contribution is 2.56. The average molecular weight is 488 g/mol. The highest BCUT2D eigenvalue weighted by Gasteiger charge is 2.48. The molecule has 2 aliphatic rings. The molecule has 178 valence electrons. The van der Waals surface area contributed by atoms with Crippen LogP contribution in [0.3, 0.4) is 0 Å². The van der Waals surface area contributed by atoms with Crippen LogP contribution in [0.1, 0.15) is 39.2 Å². The number of nitrogens with one attached hydrogen (secondary N) is 2. The highest BCUT2D eigenvalue weighted by molar-refractivity contribution is 7.80. The molecule has 2 aliphatic heterocycles. The molecule has 0 unspecified atom stereocenters. The van der Waals surface area contributed by atoms with Crippen molar-refractivity contribution in [1.29, 1.82) is 0 Å². The molecular weight excluding hydrogens is 454 g/mol. The van der Waals surface area contributed by atoms with E-state index in [-0.39, 0.29) is 10.8 Å². The molecule has 1 saturated heterocycles. The Morgan fingerprint density at radius 2 is 1.88 bits per heavy atom. The molecule has 0 saturated carbocycles. The van der Waals surface area contributed by atoms with Crippen LogP contribution < -0.4 is 26.2 Å². The SMILES string of the molecule is COc1ccc(Cl)c2c1N(c1ccccc1NC(=S)NN)CC21CCN(CC(C)(C)C)CC1. The second-order valence-corrected chi connectivity index (χ2v) is 11.1. The Balaban J connectivity index is 1.75. The summed E-state index contributed by atoms with van der Waals surface area (Å²) in [7, 11) is 1.72. The van der Waals surface area contributed by atoms with Crippen molar-refractivity contribution in [3.63, 3.8) is 0 Å². The van der Waals surface area contributed by atoms with Crippen molar-refractivity contribution < 1.29 is 4.74 Å². The van der Waals surface area contributed by atoms with Crippen LogP contribution in [-0.2, 0) is 5.41 Å². The molecule has 0 aliphatic carbocycles. The Kier molecular flexibility index (Phi) is 6.78. The molecule has 1 fully saturated rings. The first-order valence-corrected chi connectivity index (χ1v) is 12.2. The van der Waals surface area contributed by atoms with Gasteiger partial charge in [-0.2, -0.15) is 0 Å². The van der Waals surface area contributed by atoms with Crippen LogP contribution in [0.15, 0.2) is 36.4 Å². The molecule has 0 bridgehead atoms. The van der Waals surface area contributed by atoms with Gasteiger partial charge >= 0.3 is 0 Å². The second-order valence-electron chi connectivity index (χ2n) is 10.3. The maximum atomic E-state index is 6.90. The molecule has 4 N–H and O–H groups in total. The van der Waals surface area contributed by atoms with Crippen molar-refractivity contribution in [3.8, 4) is 5.75 Å². The number of methoxy groups -OCH3 is 1. The van der Waals surface area contributed by atoms with Crippen molar-refractivity contribution in [3.05, 3.63) is 47.0 Å². The van der Waals surface area contributed by atoms with Gasteiger partial charge in [0.2, 0.25) is 0 Å². The molecule has 8 heteroatoms. The van der Waals surface area contributed by atoms with E-state index in [1.165, 1.54) is 5.56 Å². The molecule has 1 spiro atoms. The maximum Gasteiger partial charge on any atom is 0.185 e. The lowest BCUT2D eigenvalue weighted by Crippen LogP contribution is -2.47. The Bertz CT molecular complexity index is 1030. The van der Waals surface area contributed by atoms with Gasteiger partial charge in [0.05, 0.1) is 24.2 Å². The van der Waals surface area contributed by atoms with Crippen LogP contribution in [-0.4, -0.2) is 43.3 Å². The minimum atomic E-state index is -0.0327. The molecule has 0 radical (unpaired) electrons. The number of halogens is 1. The average Bonchev–Trinajstić information content (AvgIpc) is 3.11. The summed E-state index contributed by atoms with van der Waals surface area (Å²) in [5.41, 5.74) is 6.92. The van der Waals surface area contributed by atoms with Crippen molar-refractivity contribution in [2.75, 3.05) is 43.5 Å². The second kappa shape index (κ2) is 9.29. The number of ether oxygens (including phenoxy) is 1. The van der Waals surface area contributed by atoms with Gasteiger partial charge in [-0.1, -0.05) is 44.5 Å². The number of hydrogen-bond acceptors (Lipinski definition) is 5. The van der Waals surface area contributed by atoms with Crippen molar-refractivity contribution in [2.45, 2.75) is 39.0 Å². The number of likely N-dealkylation sites (tertiary alicyclic amines) is 1. The smallest absolute Gasteiger partial charge is 0.185 e. The zero-order valence-electron chi connectivity index (χ0n) is 19.9. The summed E-state index contributed by atoms with van der Waals surface area (Å²) >= 11 is 12.2. The quantitative estimate of drug-likeness (QED) is 0.317. The van der Waals surface area contributed by atoms with Crippen LogP contribution >= 0.6 is 23.8 Å². The lowest BCUT2D eigenvalue weighted by atomic mass is 9.74. The van der Waals surface area contributed by atoms with Gasteiger partial charge in [-0.25, -0.2) is 5.84 Å². The van der Waals surface area contributed by atoms with Gasteiger partial charge in [0.1, 0.15) is 5.75 Å². The molecule has 4 rings (SSSR count). The van der Waals surface area contributed by atoms with E-state index < -0.39 is 0 Å². The predicted molar refractivity (Wildman–Crippen MR) is 142 cm³/mol. The van der Waals surface area contributed by atoms with E-state index in [0.717, 1.165) is 66.9 Å². The number of thiocarbonyl (C=S) groups is 1. The van der Waals surface area contributed by atoms with Gasteiger partial charge in [0, 0.05) is 29.1 Å². The summed E-state index contributed by atoms with van der Waals surface area (Å²) < 4.78 is 5.84. The number of nitrogens with two attached hydrogens (primary N) is 1. The van der Waals surface area contributed by atoms with Crippen molar-refractivity contribution in [2.24, 2.45) is 11.3 Å². The fourth-order valence-corrected chi connectivity index (χ4v) is 5.81. The Morgan fingerprint density at radius 1 is 1.18 bits per heavy atom. The summed E-state index contributed by atoms with van der Waals surface area (Å²) in [4.78, 5) is 4.92. The number of hydrogen-bond donors (Lipinski definition) is 3. The van der Waals surface area contributed by atoms with Crippen LogP contribution in [0.4, 0.5) is 17.1 Å².